The van der Waals surface area contributed by atoms with E-state index in [4.69, 9.17) is 15.2 Å². The Kier molecular flexibility index (Phi) is 8.58. The largest absolute Gasteiger partial charge is 0.397 e. The summed E-state index contributed by atoms with van der Waals surface area (Å²) < 4.78 is 11.7. The van der Waals surface area contributed by atoms with Crippen LogP contribution in [0.25, 0.3) is 0 Å². The van der Waals surface area contributed by atoms with Crippen molar-refractivity contribution in [2.45, 2.75) is 0 Å². The molecule has 0 aliphatic carbocycles. The molecule has 1 aromatic rings. The molecule has 22 heavy (non-hydrogen) atoms. The quantitative estimate of drug-likeness (QED) is 0.326. The summed E-state index contributed by atoms with van der Waals surface area (Å²) in [5.41, 5.74) is 7.66. The van der Waals surface area contributed by atoms with E-state index < -0.39 is 0 Å². The van der Waals surface area contributed by atoms with Crippen LogP contribution < -0.4 is 16.4 Å². The lowest BCUT2D eigenvalue weighted by atomic mass is 10.2. The van der Waals surface area contributed by atoms with E-state index in [2.05, 4.69) is 78.4 Å². The van der Waals surface area contributed by atoms with Crippen LogP contribution in [0.2, 0.25) is 0 Å². The van der Waals surface area contributed by atoms with Crippen molar-refractivity contribution < 1.29 is 19.1 Å². The SMILES string of the molecule is COCC(=O)Nc1c(I)c(N)c(I)c(NC(=O)COC)c1I. The zero-order valence-corrected chi connectivity index (χ0v) is 18.2. The highest BCUT2D eigenvalue weighted by Crippen LogP contribution is 2.40. The van der Waals surface area contributed by atoms with Gasteiger partial charge in [-0.1, -0.05) is 0 Å². The zero-order valence-electron chi connectivity index (χ0n) is 11.8. The van der Waals surface area contributed by atoms with Crippen molar-refractivity contribution >= 4 is 96.6 Å². The van der Waals surface area contributed by atoms with Crippen LogP contribution in [0.5, 0.6) is 0 Å². The maximum Gasteiger partial charge on any atom is 0.250 e. The number of anilines is 3. The summed E-state index contributed by atoms with van der Waals surface area (Å²) in [5.74, 6) is -0.596. The lowest BCUT2D eigenvalue weighted by molar-refractivity contribution is -0.120. The van der Waals surface area contributed by atoms with Gasteiger partial charge in [0.25, 0.3) is 0 Å². The van der Waals surface area contributed by atoms with Crippen molar-refractivity contribution in [1.29, 1.82) is 0 Å². The Morgan fingerprint density at radius 2 is 1.27 bits per heavy atom. The fourth-order valence-corrected chi connectivity index (χ4v) is 5.22. The molecule has 1 rings (SSSR count). The second kappa shape index (κ2) is 9.39. The van der Waals surface area contributed by atoms with Crippen molar-refractivity contribution in [2.75, 3.05) is 43.8 Å². The number of halogens is 3. The number of amides is 2. The third-order valence-electron chi connectivity index (χ3n) is 2.43. The van der Waals surface area contributed by atoms with Gasteiger partial charge in [-0.2, -0.15) is 0 Å². The van der Waals surface area contributed by atoms with Gasteiger partial charge in [-0.15, -0.1) is 0 Å². The lowest BCUT2D eigenvalue weighted by Gasteiger charge is -2.18. The number of nitrogens with two attached hydrogens (primary N) is 1. The first-order chi connectivity index (χ1) is 10.3. The average Bonchev–Trinajstić information content (AvgIpc) is 2.47. The molecule has 0 saturated carbocycles. The summed E-state index contributed by atoms with van der Waals surface area (Å²) in [5, 5.41) is 5.50. The summed E-state index contributed by atoms with van der Waals surface area (Å²) in [6, 6.07) is 0. The lowest BCUT2D eigenvalue weighted by Crippen LogP contribution is -2.22. The molecule has 0 fully saturated rings. The fraction of sp³-hybridized carbons (Fsp3) is 0.333. The third kappa shape index (κ3) is 5.04. The van der Waals surface area contributed by atoms with E-state index in [-0.39, 0.29) is 25.0 Å². The van der Waals surface area contributed by atoms with Crippen LogP contribution in [0, 0.1) is 10.7 Å². The molecule has 0 bridgehead atoms. The highest BCUT2D eigenvalue weighted by Gasteiger charge is 2.21. The van der Waals surface area contributed by atoms with Gasteiger partial charge in [0.05, 0.1) is 27.8 Å². The van der Waals surface area contributed by atoms with Gasteiger partial charge in [0.2, 0.25) is 11.8 Å². The highest BCUT2D eigenvalue weighted by atomic mass is 127. The molecule has 4 N–H and O–H groups in total. The van der Waals surface area contributed by atoms with E-state index in [0.717, 1.165) is 0 Å². The molecule has 0 aliphatic heterocycles. The Morgan fingerprint density at radius 3 is 1.59 bits per heavy atom. The summed E-state index contributed by atoms with van der Waals surface area (Å²) >= 11 is 6.17. The second-order valence-corrected chi connectivity index (χ2v) is 7.30. The number of hydrogen-bond donors (Lipinski definition) is 3. The van der Waals surface area contributed by atoms with Crippen molar-refractivity contribution in [3.63, 3.8) is 0 Å². The maximum absolute atomic E-state index is 11.8. The smallest absolute Gasteiger partial charge is 0.250 e. The Labute approximate surface area is 168 Å². The number of methoxy groups -OCH3 is 2. The van der Waals surface area contributed by atoms with E-state index in [1.807, 2.05) is 0 Å². The molecular weight excluding hydrogens is 631 g/mol. The first-order valence-corrected chi connectivity index (χ1v) is 9.10. The average molecular weight is 645 g/mol. The van der Waals surface area contributed by atoms with Gasteiger partial charge < -0.3 is 25.8 Å². The summed E-state index contributed by atoms with van der Waals surface area (Å²) in [6.45, 7) is -0.132. The topological polar surface area (TPSA) is 103 Å². The maximum atomic E-state index is 11.8. The van der Waals surface area contributed by atoms with Crippen LogP contribution in [0.15, 0.2) is 0 Å². The summed E-state index contributed by atoms with van der Waals surface area (Å²) in [7, 11) is 2.88. The molecule has 122 valence electrons. The van der Waals surface area contributed by atoms with Crippen molar-refractivity contribution in [3.8, 4) is 0 Å². The minimum Gasteiger partial charge on any atom is -0.397 e. The van der Waals surface area contributed by atoms with Crippen LogP contribution >= 0.6 is 67.8 Å². The third-order valence-corrected chi connectivity index (χ3v) is 5.75. The van der Waals surface area contributed by atoms with Gasteiger partial charge in [-0.3, -0.25) is 9.59 Å². The Balaban J connectivity index is 3.25. The van der Waals surface area contributed by atoms with E-state index in [9.17, 15) is 9.59 Å². The molecule has 0 unspecified atom stereocenters. The number of ether oxygens (including phenoxy) is 2. The number of benzene rings is 1. The molecule has 2 amide bonds. The van der Waals surface area contributed by atoms with Gasteiger partial charge >= 0.3 is 0 Å². The molecule has 1 aromatic carbocycles. The minimum atomic E-state index is -0.298. The molecule has 0 aromatic heterocycles. The van der Waals surface area contributed by atoms with Crippen LogP contribution in [-0.4, -0.2) is 39.2 Å². The molecule has 7 nitrogen and oxygen atoms in total. The van der Waals surface area contributed by atoms with E-state index in [0.29, 0.717) is 27.8 Å². The second-order valence-electron chi connectivity index (χ2n) is 4.07. The van der Waals surface area contributed by atoms with E-state index >= 15 is 0 Å². The molecule has 0 atom stereocenters. The highest BCUT2D eigenvalue weighted by molar-refractivity contribution is 14.1. The number of rotatable bonds is 6. The number of hydrogen-bond acceptors (Lipinski definition) is 5. The molecular formula is C12H14I3N3O4. The van der Waals surface area contributed by atoms with Crippen LogP contribution in [0.4, 0.5) is 17.1 Å². The number of carbonyl (C=O) groups is 2. The van der Waals surface area contributed by atoms with Gasteiger partial charge in [0.1, 0.15) is 13.2 Å². The van der Waals surface area contributed by atoms with Gasteiger partial charge in [-0.05, 0) is 67.8 Å². The standard InChI is InChI=1S/C12H14I3N3O4/c1-21-3-5(19)17-11-7(13)10(16)8(14)12(9(11)15)18-6(20)4-22-2/h3-4,16H2,1-2H3,(H,17,19)(H,18,20). The Hall–Kier alpha value is 0.0700. The van der Waals surface area contributed by atoms with Gasteiger partial charge in [-0.25, -0.2) is 0 Å². The van der Waals surface area contributed by atoms with E-state index in [1.54, 1.807) is 0 Å². The molecule has 10 heteroatoms. The normalized spacial score (nSPS) is 10.4. The van der Waals surface area contributed by atoms with Crippen molar-refractivity contribution in [1.82, 2.24) is 0 Å². The number of nitrogen functional groups attached to an aromatic ring is 1. The Bertz CT molecular complexity index is 548. The molecule has 0 heterocycles. The summed E-state index contributed by atoms with van der Waals surface area (Å²) in [4.78, 5) is 23.5. The minimum absolute atomic E-state index is 0.0661. The summed E-state index contributed by atoms with van der Waals surface area (Å²) in [6.07, 6.45) is 0. The predicted octanol–water partition coefficient (Wildman–Crippen LogP) is 2.25. The van der Waals surface area contributed by atoms with Crippen LogP contribution in [-0.2, 0) is 19.1 Å². The first kappa shape index (κ1) is 20.1. The van der Waals surface area contributed by atoms with Crippen LogP contribution in [0.1, 0.15) is 0 Å². The number of carbonyl (C=O) groups excluding carboxylic acids is 2. The molecule has 0 spiro atoms. The molecule has 0 saturated heterocycles. The zero-order chi connectivity index (χ0) is 16.9. The monoisotopic (exact) mass is 645 g/mol. The van der Waals surface area contributed by atoms with Crippen molar-refractivity contribution in [2.24, 2.45) is 0 Å². The van der Waals surface area contributed by atoms with Gasteiger partial charge in [0, 0.05) is 14.2 Å². The van der Waals surface area contributed by atoms with Crippen LogP contribution in [0.3, 0.4) is 0 Å². The fourth-order valence-electron chi connectivity index (χ4n) is 1.52. The molecule has 0 radical (unpaired) electrons. The van der Waals surface area contributed by atoms with E-state index in [1.165, 1.54) is 14.2 Å². The van der Waals surface area contributed by atoms with Gasteiger partial charge in [0.15, 0.2) is 0 Å². The molecule has 0 aliphatic rings. The first-order valence-electron chi connectivity index (χ1n) is 5.86. The van der Waals surface area contributed by atoms with Crippen molar-refractivity contribution in [3.05, 3.63) is 10.7 Å². The Morgan fingerprint density at radius 1 is 0.909 bits per heavy atom. The number of nitrogens with one attached hydrogen (secondary N) is 2. The predicted molar refractivity (Wildman–Crippen MR) is 110 cm³/mol.